The van der Waals surface area contributed by atoms with Gasteiger partial charge in [-0.05, 0) is 42.8 Å². The van der Waals surface area contributed by atoms with Crippen molar-refractivity contribution in [1.29, 1.82) is 0 Å². The average molecular weight is 551 g/mol. The van der Waals surface area contributed by atoms with Gasteiger partial charge >= 0.3 is 5.97 Å². The second-order valence-electron chi connectivity index (χ2n) is 8.21. The Bertz CT molecular complexity index is 1730. The van der Waals surface area contributed by atoms with Crippen LogP contribution in [0.2, 0.25) is 10.0 Å². The first-order valence-corrected chi connectivity index (χ1v) is 12.9. The molecule has 2 aromatic carbocycles. The summed E-state index contributed by atoms with van der Waals surface area (Å²) in [5, 5.41) is 1.03. The third-order valence-electron chi connectivity index (χ3n) is 5.78. The van der Waals surface area contributed by atoms with Gasteiger partial charge in [0.15, 0.2) is 4.80 Å². The zero-order valence-corrected chi connectivity index (χ0v) is 21.9. The van der Waals surface area contributed by atoms with E-state index in [-0.39, 0.29) is 12.2 Å². The lowest BCUT2D eigenvalue weighted by Crippen LogP contribution is -2.39. The van der Waals surface area contributed by atoms with Crippen molar-refractivity contribution in [2.75, 3.05) is 6.61 Å². The summed E-state index contributed by atoms with van der Waals surface area (Å²) >= 11 is 13.6. The summed E-state index contributed by atoms with van der Waals surface area (Å²) < 4.78 is 13.2. The highest BCUT2D eigenvalue weighted by atomic mass is 35.5. The minimum Gasteiger partial charge on any atom is -0.458 e. The summed E-state index contributed by atoms with van der Waals surface area (Å²) in [4.78, 5) is 31.8. The lowest BCUT2D eigenvalue weighted by Gasteiger charge is -2.24. The predicted octanol–water partition coefficient (Wildman–Crippen LogP) is 5.53. The van der Waals surface area contributed by atoms with E-state index < -0.39 is 12.0 Å². The molecule has 0 unspecified atom stereocenters. The zero-order chi connectivity index (χ0) is 26.1. The van der Waals surface area contributed by atoms with Crippen molar-refractivity contribution >= 4 is 46.6 Å². The van der Waals surface area contributed by atoms with Crippen molar-refractivity contribution in [3.63, 3.8) is 0 Å². The second kappa shape index (κ2) is 10.4. The number of benzene rings is 2. The molecule has 3 heterocycles. The van der Waals surface area contributed by atoms with Crippen molar-refractivity contribution in [1.82, 2.24) is 4.57 Å². The monoisotopic (exact) mass is 550 g/mol. The highest BCUT2D eigenvalue weighted by Gasteiger charge is 2.33. The number of nitrogens with zero attached hydrogens (tertiary/aromatic N) is 2. The van der Waals surface area contributed by atoms with Crippen LogP contribution < -0.4 is 14.9 Å². The number of furan rings is 1. The molecule has 0 radical (unpaired) electrons. The van der Waals surface area contributed by atoms with E-state index >= 15 is 0 Å². The molecule has 2 aromatic heterocycles. The predicted molar refractivity (Wildman–Crippen MR) is 146 cm³/mol. The fraction of sp³-hybridized carbons (Fsp3) is 0.107. The normalized spacial score (nSPS) is 15.3. The van der Waals surface area contributed by atoms with E-state index in [0.29, 0.717) is 47.7 Å². The second-order valence-corrected chi connectivity index (χ2v) is 10.1. The SMILES string of the molecule is C=CCOC(=O)C1=C(C)N=c2s/c(=C\c3ccc(-c4cc(Cl)ccc4Cl)o3)c(=O)n2[C@H]1c1ccccc1. The van der Waals surface area contributed by atoms with E-state index in [1.54, 1.807) is 43.3 Å². The van der Waals surface area contributed by atoms with Crippen molar-refractivity contribution in [2.24, 2.45) is 4.99 Å². The van der Waals surface area contributed by atoms with Crippen LogP contribution in [0.5, 0.6) is 0 Å². The van der Waals surface area contributed by atoms with Crippen LogP contribution in [-0.4, -0.2) is 17.1 Å². The smallest absolute Gasteiger partial charge is 0.338 e. The fourth-order valence-electron chi connectivity index (χ4n) is 4.14. The van der Waals surface area contributed by atoms with E-state index in [2.05, 4.69) is 11.6 Å². The number of ether oxygens (including phenoxy) is 1. The Hall–Kier alpha value is -3.65. The number of fused-ring (bicyclic) bond motifs is 1. The molecule has 9 heteroatoms. The maximum Gasteiger partial charge on any atom is 0.338 e. The van der Waals surface area contributed by atoms with Gasteiger partial charge in [0.2, 0.25) is 0 Å². The molecule has 1 atom stereocenters. The number of hydrogen-bond donors (Lipinski definition) is 0. The first-order chi connectivity index (χ1) is 17.9. The number of thiazole rings is 1. The van der Waals surface area contributed by atoms with Crippen LogP contribution in [-0.2, 0) is 9.53 Å². The van der Waals surface area contributed by atoms with Crippen LogP contribution in [0.3, 0.4) is 0 Å². The molecule has 0 fully saturated rings. The Labute approximate surface area is 226 Å². The van der Waals surface area contributed by atoms with Gasteiger partial charge in [0.25, 0.3) is 5.56 Å². The molecular weight excluding hydrogens is 531 g/mol. The van der Waals surface area contributed by atoms with Crippen molar-refractivity contribution < 1.29 is 13.9 Å². The van der Waals surface area contributed by atoms with Crippen LogP contribution in [0.25, 0.3) is 17.4 Å². The maximum absolute atomic E-state index is 13.7. The standard InChI is InChI=1S/C28H20Cl2N2O4S/c1-3-13-35-27(34)24-16(2)31-28-32(25(24)17-7-5-4-6-8-17)26(33)23(37-28)15-19-10-12-22(36-19)20-14-18(29)9-11-21(20)30/h3-12,14-15,25H,1,13H2,2H3/b23-15-/t25-/m0/s1. The quantitative estimate of drug-likeness (QED) is 0.233. The number of allylic oxidation sites excluding steroid dienone is 1. The van der Waals surface area contributed by atoms with Gasteiger partial charge in [0.05, 0.1) is 26.9 Å². The molecule has 0 N–H and O–H groups in total. The molecule has 37 heavy (non-hydrogen) atoms. The van der Waals surface area contributed by atoms with Gasteiger partial charge in [-0.1, -0.05) is 77.5 Å². The largest absolute Gasteiger partial charge is 0.458 e. The Balaban J connectivity index is 1.62. The average Bonchev–Trinajstić information content (AvgIpc) is 3.48. The minimum absolute atomic E-state index is 0.0546. The van der Waals surface area contributed by atoms with E-state index in [9.17, 15) is 9.59 Å². The molecule has 0 saturated heterocycles. The Morgan fingerprint density at radius 1 is 1.19 bits per heavy atom. The topological polar surface area (TPSA) is 73.8 Å². The van der Waals surface area contributed by atoms with E-state index in [1.807, 2.05) is 30.3 Å². The third kappa shape index (κ3) is 4.85. The molecule has 1 aliphatic rings. The molecule has 0 aliphatic carbocycles. The van der Waals surface area contributed by atoms with E-state index in [4.69, 9.17) is 32.4 Å². The van der Waals surface area contributed by atoms with Crippen LogP contribution in [0.1, 0.15) is 24.3 Å². The van der Waals surface area contributed by atoms with Gasteiger partial charge in [-0.2, -0.15) is 0 Å². The van der Waals surface area contributed by atoms with Gasteiger partial charge in [-0.15, -0.1) is 0 Å². The van der Waals surface area contributed by atoms with Crippen LogP contribution in [0.15, 0.2) is 98.8 Å². The number of carbonyl (C=O) groups is 1. The molecule has 186 valence electrons. The van der Waals surface area contributed by atoms with Crippen LogP contribution in [0, 0.1) is 0 Å². The van der Waals surface area contributed by atoms with Crippen molar-refractivity contribution in [3.05, 3.63) is 126 Å². The third-order valence-corrected chi connectivity index (χ3v) is 7.33. The lowest BCUT2D eigenvalue weighted by molar-refractivity contribution is -0.138. The van der Waals surface area contributed by atoms with Crippen molar-refractivity contribution in [2.45, 2.75) is 13.0 Å². The molecule has 0 saturated carbocycles. The first-order valence-electron chi connectivity index (χ1n) is 11.3. The van der Waals surface area contributed by atoms with Gasteiger partial charge in [0.1, 0.15) is 18.1 Å². The number of hydrogen-bond acceptors (Lipinski definition) is 6. The molecule has 5 rings (SSSR count). The summed E-state index contributed by atoms with van der Waals surface area (Å²) in [6, 6.07) is 17.3. The number of rotatable bonds is 6. The lowest BCUT2D eigenvalue weighted by atomic mass is 9.96. The molecule has 1 aliphatic heterocycles. The number of carbonyl (C=O) groups excluding carboxylic acids is 1. The summed E-state index contributed by atoms with van der Waals surface area (Å²) in [7, 11) is 0. The van der Waals surface area contributed by atoms with Crippen LogP contribution >= 0.6 is 34.5 Å². The maximum atomic E-state index is 13.7. The van der Waals surface area contributed by atoms with E-state index in [1.165, 1.54) is 22.0 Å². The molecule has 0 spiro atoms. The first kappa shape index (κ1) is 25.0. The number of esters is 1. The molecular formula is C28H20Cl2N2O4S. The number of halogens is 2. The zero-order valence-electron chi connectivity index (χ0n) is 19.6. The van der Waals surface area contributed by atoms with Gasteiger partial charge in [-0.25, -0.2) is 9.79 Å². The summed E-state index contributed by atoms with van der Waals surface area (Å²) in [6.45, 7) is 5.40. The Morgan fingerprint density at radius 2 is 1.97 bits per heavy atom. The van der Waals surface area contributed by atoms with Gasteiger partial charge in [0, 0.05) is 16.7 Å². The van der Waals surface area contributed by atoms with Gasteiger partial charge < -0.3 is 9.15 Å². The van der Waals surface area contributed by atoms with Crippen molar-refractivity contribution in [3.8, 4) is 11.3 Å². The summed E-state index contributed by atoms with van der Waals surface area (Å²) in [5.74, 6) is 0.448. The molecule has 0 bridgehead atoms. The minimum atomic E-state index is -0.686. The molecule has 4 aromatic rings. The summed E-state index contributed by atoms with van der Waals surface area (Å²) in [5.41, 5.74) is 1.93. The molecule has 0 amide bonds. The highest BCUT2D eigenvalue weighted by molar-refractivity contribution is 7.07. The van der Waals surface area contributed by atoms with E-state index in [0.717, 1.165) is 5.56 Å². The summed E-state index contributed by atoms with van der Waals surface area (Å²) in [6.07, 6.45) is 3.15. The van der Waals surface area contributed by atoms with Crippen LogP contribution in [0.4, 0.5) is 0 Å². The number of aromatic nitrogens is 1. The van der Waals surface area contributed by atoms with Gasteiger partial charge in [-0.3, -0.25) is 9.36 Å². The Kier molecular flexibility index (Phi) is 7.02. The Morgan fingerprint density at radius 3 is 2.73 bits per heavy atom. The fourth-order valence-corrected chi connectivity index (χ4v) is 5.55. The highest BCUT2D eigenvalue weighted by Crippen LogP contribution is 2.32. The molecule has 6 nitrogen and oxygen atoms in total.